The van der Waals surface area contributed by atoms with Crippen molar-refractivity contribution in [1.82, 2.24) is 10.6 Å². The van der Waals surface area contributed by atoms with Gasteiger partial charge in [0.25, 0.3) is 0 Å². The van der Waals surface area contributed by atoms with E-state index >= 15 is 0 Å². The van der Waals surface area contributed by atoms with E-state index in [2.05, 4.69) is 10.6 Å². The van der Waals surface area contributed by atoms with Crippen LogP contribution in [0.4, 0.5) is 0 Å². The van der Waals surface area contributed by atoms with E-state index in [1.807, 2.05) is 0 Å². The third kappa shape index (κ3) is 3.20. The molecule has 0 spiro atoms. The van der Waals surface area contributed by atoms with Gasteiger partial charge in [0.2, 0.25) is 5.91 Å². The van der Waals surface area contributed by atoms with Crippen molar-refractivity contribution >= 4 is 5.91 Å². The average molecular weight is 210 g/mol. The Balaban J connectivity index is 1.74. The van der Waals surface area contributed by atoms with E-state index in [9.17, 15) is 4.79 Å². The molecule has 0 aromatic rings. The van der Waals surface area contributed by atoms with Crippen molar-refractivity contribution in [2.75, 3.05) is 13.1 Å². The van der Waals surface area contributed by atoms with Crippen LogP contribution in [-0.4, -0.2) is 25.0 Å². The van der Waals surface area contributed by atoms with E-state index in [0.29, 0.717) is 17.9 Å². The van der Waals surface area contributed by atoms with Gasteiger partial charge >= 0.3 is 0 Å². The fourth-order valence-corrected chi connectivity index (χ4v) is 2.66. The molecule has 2 N–H and O–H groups in total. The second kappa shape index (κ2) is 5.50. The smallest absolute Gasteiger partial charge is 0.223 e. The van der Waals surface area contributed by atoms with Gasteiger partial charge in [-0.3, -0.25) is 4.79 Å². The molecule has 1 aliphatic heterocycles. The Morgan fingerprint density at radius 1 is 1.07 bits per heavy atom. The highest BCUT2D eigenvalue weighted by molar-refractivity contribution is 5.79. The molecule has 0 aromatic heterocycles. The van der Waals surface area contributed by atoms with Crippen LogP contribution in [0.2, 0.25) is 0 Å². The maximum Gasteiger partial charge on any atom is 0.223 e. The molecule has 2 fully saturated rings. The van der Waals surface area contributed by atoms with Crippen LogP contribution < -0.4 is 10.6 Å². The van der Waals surface area contributed by atoms with E-state index in [-0.39, 0.29) is 0 Å². The minimum absolute atomic E-state index is 0.306. The maximum atomic E-state index is 11.9. The molecule has 15 heavy (non-hydrogen) atoms. The predicted molar refractivity (Wildman–Crippen MR) is 60.6 cm³/mol. The van der Waals surface area contributed by atoms with E-state index in [4.69, 9.17) is 0 Å². The summed E-state index contributed by atoms with van der Waals surface area (Å²) in [5, 5.41) is 6.52. The number of hydrogen-bond acceptors (Lipinski definition) is 2. The third-order valence-electron chi connectivity index (χ3n) is 3.62. The zero-order chi connectivity index (χ0) is 10.5. The van der Waals surface area contributed by atoms with Gasteiger partial charge in [0.05, 0.1) is 0 Å². The molecular weight excluding hydrogens is 188 g/mol. The fraction of sp³-hybridized carbons (Fsp3) is 0.917. The predicted octanol–water partition coefficient (Wildman–Crippen LogP) is 1.43. The standard InChI is InChI=1S/C12H22N2O/c15-12(10-5-2-1-3-6-10)14-11-7-4-8-13-9-11/h10-11,13H,1-9H2,(H,14,15). The lowest BCUT2D eigenvalue weighted by molar-refractivity contribution is -0.126. The van der Waals surface area contributed by atoms with Crippen LogP contribution >= 0.6 is 0 Å². The minimum Gasteiger partial charge on any atom is -0.352 e. The summed E-state index contributed by atoms with van der Waals surface area (Å²) in [5.74, 6) is 0.615. The molecule has 0 radical (unpaired) electrons. The zero-order valence-electron chi connectivity index (χ0n) is 9.43. The Labute approximate surface area is 92.0 Å². The van der Waals surface area contributed by atoms with E-state index in [1.54, 1.807) is 0 Å². The van der Waals surface area contributed by atoms with E-state index in [0.717, 1.165) is 32.4 Å². The quantitative estimate of drug-likeness (QED) is 0.724. The molecule has 1 atom stereocenters. The SMILES string of the molecule is O=C(NC1CCCNC1)C1CCCCC1. The highest BCUT2D eigenvalue weighted by Gasteiger charge is 2.23. The van der Waals surface area contributed by atoms with Crippen molar-refractivity contribution in [3.8, 4) is 0 Å². The van der Waals surface area contributed by atoms with Gasteiger partial charge in [-0.25, -0.2) is 0 Å². The molecule has 2 rings (SSSR count). The molecule has 1 saturated heterocycles. The maximum absolute atomic E-state index is 11.9. The Hall–Kier alpha value is -0.570. The first-order chi connectivity index (χ1) is 7.36. The Morgan fingerprint density at radius 2 is 1.87 bits per heavy atom. The van der Waals surface area contributed by atoms with Crippen molar-refractivity contribution in [2.45, 2.75) is 51.0 Å². The highest BCUT2D eigenvalue weighted by atomic mass is 16.1. The van der Waals surface area contributed by atoms with Crippen LogP contribution in [0.5, 0.6) is 0 Å². The molecular formula is C12H22N2O. The van der Waals surface area contributed by atoms with E-state index in [1.165, 1.54) is 25.7 Å². The summed E-state index contributed by atoms with van der Waals surface area (Å²) in [6.07, 6.45) is 8.33. The number of nitrogens with one attached hydrogen (secondary N) is 2. The second-order valence-corrected chi connectivity index (χ2v) is 4.89. The summed E-state index contributed by atoms with van der Waals surface area (Å²) < 4.78 is 0. The van der Waals surface area contributed by atoms with Crippen LogP contribution in [0, 0.1) is 5.92 Å². The number of hydrogen-bond donors (Lipinski definition) is 2. The molecule has 1 heterocycles. The van der Waals surface area contributed by atoms with Crippen molar-refractivity contribution in [1.29, 1.82) is 0 Å². The van der Waals surface area contributed by atoms with Gasteiger partial charge in [0.1, 0.15) is 0 Å². The molecule has 3 nitrogen and oxygen atoms in total. The lowest BCUT2D eigenvalue weighted by Crippen LogP contribution is -2.47. The van der Waals surface area contributed by atoms with Crippen LogP contribution in [0.1, 0.15) is 44.9 Å². The van der Waals surface area contributed by atoms with Crippen LogP contribution in [0.25, 0.3) is 0 Å². The first-order valence-electron chi connectivity index (χ1n) is 6.37. The molecule has 1 amide bonds. The zero-order valence-corrected chi connectivity index (χ0v) is 9.43. The first-order valence-corrected chi connectivity index (χ1v) is 6.37. The molecule has 1 saturated carbocycles. The van der Waals surface area contributed by atoms with Gasteiger partial charge in [-0.15, -0.1) is 0 Å². The number of amides is 1. The van der Waals surface area contributed by atoms with Gasteiger partial charge in [-0.2, -0.15) is 0 Å². The Kier molecular flexibility index (Phi) is 4.01. The molecule has 0 bridgehead atoms. The van der Waals surface area contributed by atoms with Gasteiger partial charge in [0, 0.05) is 18.5 Å². The molecule has 1 aliphatic carbocycles. The van der Waals surface area contributed by atoms with Crippen molar-refractivity contribution in [3.05, 3.63) is 0 Å². The molecule has 86 valence electrons. The van der Waals surface area contributed by atoms with E-state index < -0.39 is 0 Å². The van der Waals surface area contributed by atoms with Gasteiger partial charge in [-0.05, 0) is 32.2 Å². The van der Waals surface area contributed by atoms with Crippen molar-refractivity contribution in [3.63, 3.8) is 0 Å². The van der Waals surface area contributed by atoms with Crippen molar-refractivity contribution < 1.29 is 4.79 Å². The number of piperidine rings is 1. The molecule has 2 aliphatic rings. The normalized spacial score (nSPS) is 28.7. The fourth-order valence-electron chi connectivity index (χ4n) is 2.66. The molecule has 0 aromatic carbocycles. The molecule has 3 heteroatoms. The lowest BCUT2D eigenvalue weighted by atomic mass is 9.88. The highest BCUT2D eigenvalue weighted by Crippen LogP contribution is 2.23. The van der Waals surface area contributed by atoms with Gasteiger partial charge in [0.15, 0.2) is 0 Å². The summed E-state index contributed by atoms with van der Waals surface area (Å²) in [7, 11) is 0. The molecule has 1 unspecified atom stereocenters. The Bertz CT molecular complexity index is 206. The van der Waals surface area contributed by atoms with Crippen LogP contribution in [0.15, 0.2) is 0 Å². The lowest BCUT2D eigenvalue weighted by Gasteiger charge is -2.27. The number of rotatable bonds is 2. The average Bonchev–Trinajstić information content (AvgIpc) is 2.31. The third-order valence-corrected chi connectivity index (χ3v) is 3.62. The first kappa shape index (κ1) is 10.9. The number of carbonyl (C=O) groups is 1. The summed E-state index contributed by atoms with van der Waals surface area (Å²) in [6.45, 7) is 2.06. The second-order valence-electron chi connectivity index (χ2n) is 4.89. The monoisotopic (exact) mass is 210 g/mol. The summed E-state index contributed by atoms with van der Waals surface area (Å²) in [4.78, 5) is 11.9. The Morgan fingerprint density at radius 3 is 2.53 bits per heavy atom. The van der Waals surface area contributed by atoms with Crippen LogP contribution in [-0.2, 0) is 4.79 Å². The summed E-state index contributed by atoms with van der Waals surface area (Å²) in [5.41, 5.74) is 0. The summed E-state index contributed by atoms with van der Waals surface area (Å²) >= 11 is 0. The largest absolute Gasteiger partial charge is 0.352 e. The van der Waals surface area contributed by atoms with Gasteiger partial charge < -0.3 is 10.6 Å². The topological polar surface area (TPSA) is 41.1 Å². The summed E-state index contributed by atoms with van der Waals surface area (Å²) in [6, 6.07) is 0.383. The minimum atomic E-state index is 0.306. The number of carbonyl (C=O) groups excluding carboxylic acids is 1. The van der Waals surface area contributed by atoms with Crippen molar-refractivity contribution in [2.24, 2.45) is 5.92 Å². The van der Waals surface area contributed by atoms with Gasteiger partial charge in [-0.1, -0.05) is 19.3 Å². The van der Waals surface area contributed by atoms with Crippen LogP contribution in [0.3, 0.4) is 0 Å².